The molecule has 1 amide bonds. The second kappa shape index (κ2) is 5.33. The summed E-state index contributed by atoms with van der Waals surface area (Å²) in [4.78, 5) is 12.5. The lowest BCUT2D eigenvalue weighted by molar-refractivity contribution is -0.122. The van der Waals surface area contributed by atoms with Crippen molar-refractivity contribution >= 4 is 17.7 Å². The van der Waals surface area contributed by atoms with Crippen LogP contribution in [0.3, 0.4) is 0 Å². The van der Waals surface area contributed by atoms with Crippen molar-refractivity contribution in [2.24, 2.45) is 0 Å². The number of thioether (sulfide) groups is 1. The predicted octanol–water partition coefficient (Wildman–Crippen LogP) is 1.57. The Bertz CT molecular complexity index is 414. The van der Waals surface area contributed by atoms with Crippen molar-refractivity contribution < 1.29 is 4.79 Å². The van der Waals surface area contributed by atoms with Crippen molar-refractivity contribution in [3.63, 3.8) is 0 Å². The van der Waals surface area contributed by atoms with E-state index >= 15 is 0 Å². The van der Waals surface area contributed by atoms with Gasteiger partial charge in [0.25, 0.3) is 0 Å². The van der Waals surface area contributed by atoms with Crippen LogP contribution in [0.4, 0.5) is 0 Å². The van der Waals surface area contributed by atoms with Crippen LogP contribution in [0.1, 0.15) is 18.4 Å². The van der Waals surface area contributed by atoms with Gasteiger partial charge in [0.1, 0.15) is 0 Å². The maximum Gasteiger partial charge on any atom is 0.220 e. The highest BCUT2D eigenvalue weighted by molar-refractivity contribution is 8.00. The molecule has 0 bridgehead atoms. The van der Waals surface area contributed by atoms with E-state index in [0.29, 0.717) is 17.7 Å². The fourth-order valence-corrected chi connectivity index (χ4v) is 3.83. The molecule has 0 radical (unpaired) electrons. The molecule has 4 heteroatoms. The predicted molar refractivity (Wildman–Crippen MR) is 73.8 cm³/mol. The first kappa shape index (κ1) is 12.1. The van der Waals surface area contributed by atoms with E-state index in [1.165, 1.54) is 10.5 Å². The van der Waals surface area contributed by atoms with Crippen LogP contribution in [0.5, 0.6) is 0 Å². The summed E-state index contributed by atoms with van der Waals surface area (Å²) in [6, 6.07) is 9.11. The zero-order chi connectivity index (χ0) is 12.4. The summed E-state index contributed by atoms with van der Waals surface area (Å²) in [7, 11) is 0. The minimum absolute atomic E-state index is 0.190. The molecular weight excluding hydrogens is 244 g/mol. The Morgan fingerprint density at radius 2 is 2.28 bits per heavy atom. The summed E-state index contributed by atoms with van der Waals surface area (Å²) < 4.78 is 0. The molecule has 0 spiro atoms. The van der Waals surface area contributed by atoms with Gasteiger partial charge in [0, 0.05) is 35.7 Å². The third-order valence-electron chi connectivity index (χ3n) is 3.61. The number of benzene rings is 1. The van der Waals surface area contributed by atoms with Gasteiger partial charge in [-0.1, -0.05) is 18.2 Å². The van der Waals surface area contributed by atoms with Crippen molar-refractivity contribution in [1.82, 2.24) is 10.6 Å². The number of piperidine rings is 1. The highest BCUT2D eigenvalue weighted by atomic mass is 32.2. The maximum absolute atomic E-state index is 11.1. The van der Waals surface area contributed by atoms with E-state index in [1.54, 1.807) is 0 Å². The Labute approximate surface area is 112 Å². The first-order chi connectivity index (χ1) is 8.81. The van der Waals surface area contributed by atoms with E-state index in [4.69, 9.17) is 0 Å². The van der Waals surface area contributed by atoms with Gasteiger partial charge in [-0.15, -0.1) is 11.8 Å². The van der Waals surface area contributed by atoms with Gasteiger partial charge in [0.2, 0.25) is 5.91 Å². The molecule has 3 rings (SSSR count). The van der Waals surface area contributed by atoms with Crippen molar-refractivity contribution in [2.45, 2.75) is 35.4 Å². The number of amides is 1. The van der Waals surface area contributed by atoms with Crippen molar-refractivity contribution in [2.75, 3.05) is 13.1 Å². The quantitative estimate of drug-likeness (QED) is 0.869. The van der Waals surface area contributed by atoms with E-state index in [0.717, 1.165) is 25.9 Å². The van der Waals surface area contributed by atoms with Gasteiger partial charge in [-0.2, -0.15) is 0 Å². The second-order valence-electron chi connectivity index (χ2n) is 5.00. The van der Waals surface area contributed by atoms with Crippen LogP contribution in [0.25, 0.3) is 0 Å². The Morgan fingerprint density at radius 1 is 1.39 bits per heavy atom. The van der Waals surface area contributed by atoms with Crippen LogP contribution >= 0.6 is 11.8 Å². The number of rotatable bonds is 3. The molecule has 0 aromatic heterocycles. The third-order valence-corrected chi connectivity index (χ3v) is 4.93. The number of hydrogen-bond acceptors (Lipinski definition) is 3. The molecule has 0 saturated carbocycles. The molecule has 2 atom stereocenters. The first-order valence-corrected chi connectivity index (χ1v) is 7.44. The molecule has 0 aliphatic carbocycles. The van der Waals surface area contributed by atoms with Crippen LogP contribution in [-0.4, -0.2) is 30.3 Å². The van der Waals surface area contributed by atoms with Crippen LogP contribution in [0, 0.1) is 0 Å². The minimum atomic E-state index is 0.190. The molecule has 2 heterocycles. The van der Waals surface area contributed by atoms with Gasteiger partial charge in [-0.3, -0.25) is 4.79 Å². The van der Waals surface area contributed by atoms with Crippen LogP contribution in [0.2, 0.25) is 0 Å². The highest BCUT2D eigenvalue weighted by Crippen LogP contribution is 2.36. The Hall–Kier alpha value is -1.00. The van der Waals surface area contributed by atoms with Crippen molar-refractivity contribution in [3.05, 3.63) is 29.8 Å². The summed E-state index contributed by atoms with van der Waals surface area (Å²) in [6.45, 7) is 1.81. The molecule has 2 aliphatic rings. The molecule has 2 N–H and O–H groups in total. The van der Waals surface area contributed by atoms with Gasteiger partial charge >= 0.3 is 0 Å². The molecule has 2 unspecified atom stereocenters. The molecule has 96 valence electrons. The normalized spacial score (nSPS) is 26.8. The van der Waals surface area contributed by atoms with Crippen molar-refractivity contribution in [1.29, 1.82) is 0 Å². The molecule has 1 aromatic carbocycles. The number of carbonyl (C=O) groups is 1. The zero-order valence-corrected chi connectivity index (χ0v) is 11.1. The maximum atomic E-state index is 11.1. The van der Waals surface area contributed by atoms with Crippen LogP contribution in [-0.2, 0) is 11.2 Å². The average molecular weight is 262 g/mol. The lowest BCUT2D eigenvalue weighted by Crippen LogP contribution is -2.47. The summed E-state index contributed by atoms with van der Waals surface area (Å²) in [6.07, 6.45) is 2.79. The Morgan fingerprint density at radius 3 is 3.06 bits per heavy atom. The lowest BCUT2D eigenvalue weighted by atomic mass is 10.1. The standard InChI is InChI=1S/C14H18N2OS/c17-14-6-5-11(8-16-14)15-9-12-7-10-3-1-2-4-13(10)18-12/h1-4,11-12,15H,5-9H2,(H,16,17). The van der Waals surface area contributed by atoms with E-state index in [2.05, 4.69) is 34.9 Å². The number of nitrogens with one attached hydrogen (secondary N) is 2. The van der Waals surface area contributed by atoms with Crippen LogP contribution in [0.15, 0.2) is 29.2 Å². The second-order valence-corrected chi connectivity index (χ2v) is 6.34. The number of fused-ring (bicyclic) bond motifs is 1. The van der Waals surface area contributed by atoms with E-state index < -0.39 is 0 Å². The molecule has 2 aliphatic heterocycles. The first-order valence-electron chi connectivity index (χ1n) is 6.56. The molecule has 1 saturated heterocycles. The third kappa shape index (κ3) is 2.70. The van der Waals surface area contributed by atoms with E-state index in [9.17, 15) is 4.79 Å². The molecular formula is C14H18N2OS. The monoisotopic (exact) mass is 262 g/mol. The fourth-order valence-electron chi connectivity index (χ4n) is 2.57. The summed E-state index contributed by atoms with van der Waals surface area (Å²) >= 11 is 1.98. The van der Waals surface area contributed by atoms with Gasteiger partial charge in [-0.25, -0.2) is 0 Å². The number of hydrogen-bond donors (Lipinski definition) is 2. The topological polar surface area (TPSA) is 41.1 Å². The molecule has 3 nitrogen and oxygen atoms in total. The number of carbonyl (C=O) groups excluding carboxylic acids is 1. The molecule has 18 heavy (non-hydrogen) atoms. The van der Waals surface area contributed by atoms with Crippen LogP contribution < -0.4 is 10.6 Å². The van der Waals surface area contributed by atoms with Gasteiger partial charge < -0.3 is 10.6 Å². The van der Waals surface area contributed by atoms with Gasteiger partial charge in [-0.05, 0) is 24.5 Å². The van der Waals surface area contributed by atoms with Gasteiger partial charge in [0.15, 0.2) is 0 Å². The lowest BCUT2D eigenvalue weighted by Gasteiger charge is -2.24. The minimum Gasteiger partial charge on any atom is -0.355 e. The SMILES string of the molecule is O=C1CCC(NCC2Cc3ccccc3S2)CN1. The average Bonchev–Trinajstić information content (AvgIpc) is 2.81. The Kier molecular flexibility index (Phi) is 3.57. The van der Waals surface area contributed by atoms with Gasteiger partial charge in [0.05, 0.1) is 0 Å². The summed E-state index contributed by atoms with van der Waals surface area (Å²) in [5.41, 5.74) is 1.48. The largest absolute Gasteiger partial charge is 0.355 e. The zero-order valence-electron chi connectivity index (χ0n) is 10.3. The molecule has 1 fully saturated rings. The van der Waals surface area contributed by atoms with E-state index in [-0.39, 0.29) is 5.91 Å². The van der Waals surface area contributed by atoms with E-state index in [1.807, 2.05) is 11.8 Å². The molecule has 1 aromatic rings. The summed E-state index contributed by atoms with van der Waals surface area (Å²) in [5.74, 6) is 0.190. The Balaban J connectivity index is 1.47. The summed E-state index contributed by atoms with van der Waals surface area (Å²) in [5, 5.41) is 7.14. The highest BCUT2D eigenvalue weighted by Gasteiger charge is 2.23. The van der Waals surface area contributed by atoms with Crippen molar-refractivity contribution in [3.8, 4) is 0 Å². The fraction of sp³-hybridized carbons (Fsp3) is 0.500. The smallest absolute Gasteiger partial charge is 0.220 e.